The summed E-state index contributed by atoms with van der Waals surface area (Å²) < 4.78 is 70.5. The van der Waals surface area contributed by atoms with Crippen LogP contribution in [0.2, 0.25) is 0 Å². The Morgan fingerprint density at radius 1 is 1.00 bits per heavy atom. The number of ether oxygens (including phenoxy) is 1. The van der Waals surface area contributed by atoms with E-state index in [9.17, 15) is 21.6 Å². The summed E-state index contributed by atoms with van der Waals surface area (Å²) in [6, 6.07) is 11.5. The fraction of sp³-hybridized carbons (Fsp3) is 0.368. The molecule has 0 aromatic heterocycles. The Morgan fingerprint density at radius 2 is 1.62 bits per heavy atom. The van der Waals surface area contributed by atoms with Crippen molar-refractivity contribution in [2.45, 2.75) is 17.6 Å². The molecule has 0 unspecified atom stereocenters. The summed E-state index contributed by atoms with van der Waals surface area (Å²) in [4.78, 5) is 1.78. The summed E-state index contributed by atoms with van der Waals surface area (Å²) in [6.07, 6.45) is -4.58. The number of alkyl halides is 3. The van der Waals surface area contributed by atoms with Crippen molar-refractivity contribution < 1.29 is 26.3 Å². The normalized spacial score (nSPS) is 16.3. The molecule has 0 saturated carbocycles. The summed E-state index contributed by atoms with van der Waals surface area (Å²) in [6.45, 7) is 2.14. The largest absolute Gasteiger partial charge is 0.497 e. The molecule has 0 aliphatic carbocycles. The van der Waals surface area contributed by atoms with Crippen LogP contribution in [-0.2, 0) is 22.7 Å². The number of hydrogen-bond acceptors (Lipinski definition) is 4. The Bertz CT molecular complexity index is 913. The number of halogens is 4. The van der Waals surface area contributed by atoms with Crippen molar-refractivity contribution in [1.29, 1.82) is 0 Å². The average Bonchev–Trinajstić information content (AvgIpc) is 2.68. The van der Waals surface area contributed by atoms with E-state index in [0.29, 0.717) is 25.7 Å². The molecule has 0 bridgehead atoms. The lowest BCUT2D eigenvalue weighted by Gasteiger charge is -2.34. The summed E-state index contributed by atoms with van der Waals surface area (Å²) in [5, 5.41) is 0. The zero-order chi connectivity index (χ0) is 20.4. The van der Waals surface area contributed by atoms with Crippen LogP contribution in [0.4, 0.5) is 13.2 Å². The molecule has 3 rings (SSSR count). The van der Waals surface area contributed by atoms with Crippen LogP contribution in [0.25, 0.3) is 0 Å². The number of sulfonamides is 1. The van der Waals surface area contributed by atoms with E-state index in [1.807, 2.05) is 24.3 Å². The highest BCUT2D eigenvalue weighted by molar-refractivity contribution is 7.89. The standard InChI is InChI=1S/C19H21F3N2O3S.ClH/c1-27-17-7-5-15(6-8-17)14-23-9-11-24(12-10-23)28(25,26)18-4-2-3-16(13-18)19(20,21)22;/h2-8,13H,9-12,14H2,1H3;1H. The molecule has 1 fully saturated rings. The van der Waals surface area contributed by atoms with E-state index in [0.717, 1.165) is 23.4 Å². The van der Waals surface area contributed by atoms with Gasteiger partial charge in [0.2, 0.25) is 10.0 Å². The highest BCUT2D eigenvalue weighted by Crippen LogP contribution is 2.31. The Labute approximate surface area is 174 Å². The van der Waals surface area contributed by atoms with Gasteiger partial charge in [0.25, 0.3) is 0 Å². The molecular weight excluding hydrogens is 429 g/mol. The molecule has 0 spiro atoms. The Kier molecular flexibility index (Phi) is 7.56. The van der Waals surface area contributed by atoms with Crippen molar-refractivity contribution in [3.63, 3.8) is 0 Å². The second-order valence-electron chi connectivity index (χ2n) is 6.55. The molecule has 5 nitrogen and oxygen atoms in total. The molecule has 0 radical (unpaired) electrons. The number of nitrogens with zero attached hydrogens (tertiary/aromatic N) is 2. The first kappa shape index (κ1) is 23.5. The SMILES string of the molecule is COc1ccc(CN2CCN(S(=O)(=O)c3cccc(C(F)(F)F)c3)CC2)cc1.Cl. The first-order chi connectivity index (χ1) is 13.2. The minimum absolute atomic E-state index is 0. The van der Waals surface area contributed by atoms with Crippen LogP contribution in [0.1, 0.15) is 11.1 Å². The van der Waals surface area contributed by atoms with Gasteiger partial charge in [0.1, 0.15) is 5.75 Å². The highest BCUT2D eigenvalue weighted by atomic mass is 35.5. The average molecular weight is 451 g/mol. The first-order valence-electron chi connectivity index (χ1n) is 8.73. The Morgan fingerprint density at radius 3 is 2.17 bits per heavy atom. The lowest BCUT2D eigenvalue weighted by Crippen LogP contribution is -2.48. The molecule has 10 heteroatoms. The second-order valence-corrected chi connectivity index (χ2v) is 8.49. The molecule has 2 aromatic rings. The van der Waals surface area contributed by atoms with Crippen molar-refractivity contribution in [3.8, 4) is 5.75 Å². The van der Waals surface area contributed by atoms with Crippen LogP contribution >= 0.6 is 12.4 Å². The molecule has 0 atom stereocenters. The van der Waals surface area contributed by atoms with Gasteiger partial charge in [-0.1, -0.05) is 18.2 Å². The molecule has 1 saturated heterocycles. The quantitative estimate of drug-likeness (QED) is 0.698. The summed E-state index contributed by atoms with van der Waals surface area (Å²) >= 11 is 0. The zero-order valence-electron chi connectivity index (χ0n) is 15.7. The summed E-state index contributed by atoms with van der Waals surface area (Å²) in [5.41, 5.74) is 0.113. The molecule has 1 aliphatic rings. The van der Waals surface area contributed by atoms with Gasteiger partial charge in [0.05, 0.1) is 17.6 Å². The predicted octanol–water partition coefficient (Wildman–Crippen LogP) is 3.64. The van der Waals surface area contributed by atoms with E-state index in [4.69, 9.17) is 4.74 Å². The third-order valence-electron chi connectivity index (χ3n) is 4.70. The molecule has 1 heterocycles. The maximum atomic E-state index is 12.9. The molecule has 29 heavy (non-hydrogen) atoms. The van der Waals surface area contributed by atoms with Gasteiger partial charge in [0, 0.05) is 32.7 Å². The number of methoxy groups -OCH3 is 1. The van der Waals surface area contributed by atoms with E-state index >= 15 is 0 Å². The first-order valence-corrected chi connectivity index (χ1v) is 10.2. The molecule has 0 amide bonds. The molecule has 1 aliphatic heterocycles. The van der Waals surface area contributed by atoms with Crippen molar-refractivity contribution in [3.05, 3.63) is 59.7 Å². The van der Waals surface area contributed by atoms with Gasteiger partial charge >= 0.3 is 6.18 Å². The van der Waals surface area contributed by atoms with Crippen LogP contribution in [0.15, 0.2) is 53.4 Å². The van der Waals surface area contributed by atoms with Gasteiger partial charge in [0.15, 0.2) is 0 Å². The van der Waals surface area contributed by atoms with Gasteiger partial charge < -0.3 is 4.74 Å². The predicted molar refractivity (Wildman–Crippen MR) is 106 cm³/mol. The van der Waals surface area contributed by atoms with E-state index in [-0.39, 0.29) is 30.4 Å². The van der Waals surface area contributed by atoms with E-state index in [1.165, 1.54) is 10.4 Å². The van der Waals surface area contributed by atoms with E-state index in [1.54, 1.807) is 7.11 Å². The van der Waals surface area contributed by atoms with Crippen LogP contribution in [0, 0.1) is 0 Å². The monoisotopic (exact) mass is 450 g/mol. The molecule has 160 valence electrons. The van der Waals surface area contributed by atoms with Crippen LogP contribution < -0.4 is 4.74 Å². The second kappa shape index (κ2) is 9.34. The van der Waals surface area contributed by atoms with Crippen molar-refractivity contribution in [1.82, 2.24) is 9.21 Å². The molecule has 0 N–H and O–H groups in total. The van der Waals surface area contributed by atoms with Gasteiger partial charge in [-0.05, 0) is 35.9 Å². The minimum Gasteiger partial charge on any atom is -0.497 e. The van der Waals surface area contributed by atoms with Gasteiger partial charge in [-0.15, -0.1) is 12.4 Å². The Balaban J connectivity index is 0.00000300. The van der Waals surface area contributed by atoms with Crippen molar-refractivity contribution in [2.75, 3.05) is 33.3 Å². The fourth-order valence-electron chi connectivity index (χ4n) is 3.10. The number of hydrogen-bond donors (Lipinski definition) is 0. The number of benzene rings is 2. The van der Waals surface area contributed by atoms with Gasteiger partial charge in [-0.3, -0.25) is 4.90 Å². The lowest BCUT2D eigenvalue weighted by atomic mass is 10.2. The van der Waals surface area contributed by atoms with E-state index < -0.39 is 21.8 Å². The maximum absolute atomic E-state index is 12.9. The zero-order valence-corrected chi connectivity index (χ0v) is 17.4. The smallest absolute Gasteiger partial charge is 0.416 e. The number of rotatable bonds is 5. The molecular formula is C19H22ClF3N2O3S. The summed E-state index contributed by atoms with van der Waals surface area (Å²) in [7, 11) is -2.36. The summed E-state index contributed by atoms with van der Waals surface area (Å²) in [5.74, 6) is 0.765. The number of piperazine rings is 1. The maximum Gasteiger partial charge on any atom is 0.416 e. The van der Waals surface area contributed by atoms with Gasteiger partial charge in [-0.25, -0.2) is 8.42 Å². The van der Waals surface area contributed by atoms with Crippen molar-refractivity contribution in [2.24, 2.45) is 0 Å². The third-order valence-corrected chi connectivity index (χ3v) is 6.59. The van der Waals surface area contributed by atoms with E-state index in [2.05, 4.69) is 4.90 Å². The van der Waals surface area contributed by atoms with Crippen LogP contribution in [0.3, 0.4) is 0 Å². The van der Waals surface area contributed by atoms with Crippen LogP contribution in [-0.4, -0.2) is 50.9 Å². The fourth-order valence-corrected chi connectivity index (χ4v) is 4.57. The minimum atomic E-state index is -4.58. The van der Waals surface area contributed by atoms with Gasteiger partial charge in [-0.2, -0.15) is 17.5 Å². The van der Waals surface area contributed by atoms with Crippen molar-refractivity contribution >= 4 is 22.4 Å². The topological polar surface area (TPSA) is 49.9 Å². The van der Waals surface area contributed by atoms with Crippen LogP contribution in [0.5, 0.6) is 5.75 Å². The lowest BCUT2D eigenvalue weighted by molar-refractivity contribution is -0.137. The molecule has 2 aromatic carbocycles. The third kappa shape index (κ3) is 5.63. The highest BCUT2D eigenvalue weighted by Gasteiger charge is 2.33. The Hall–Kier alpha value is -1.81.